The number of fused-ring (bicyclic) bond motifs is 1. The average molecular weight is 328 g/mol. The molecule has 130 valence electrons. The van der Waals surface area contributed by atoms with Gasteiger partial charge in [0.1, 0.15) is 5.82 Å². The van der Waals surface area contributed by atoms with Crippen LogP contribution < -0.4 is 10.6 Å². The van der Waals surface area contributed by atoms with E-state index < -0.39 is 0 Å². The molecule has 3 aliphatic rings. The number of nitrogens with zero attached hydrogens (tertiary/aromatic N) is 3. The van der Waals surface area contributed by atoms with Crippen molar-refractivity contribution >= 4 is 11.7 Å². The van der Waals surface area contributed by atoms with Gasteiger partial charge in [0, 0.05) is 50.9 Å². The highest BCUT2D eigenvalue weighted by molar-refractivity contribution is 5.83. The van der Waals surface area contributed by atoms with Gasteiger partial charge in [-0.3, -0.25) is 4.79 Å². The van der Waals surface area contributed by atoms with E-state index in [4.69, 9.17) is 5.73 Å². The molecule has 2 heterocycles. The summed E-state index contributed by atoms with van der Waals surface area (Å²) in [5.74, 6) is 1.61. The van der Waals surface area contributed by atoms with Crippen molar-refractivity contribution in [2.24, 2.45) is 17.1 Å². The lowest BCUT2D eigenvalue weighted by Crippen LogP contribution is -2.39. The topological polar surface area (TPSA) is 62.5 Å². The first-order valence-electron chi connectivity index (χ1n) is 9.19. The third-order valence-electron chi connectivity index (χ3n) is 6.38. The molecule has 0 radical (unpaired) electrons. The molecule has 2 N–H and O–H groups in total. The molecule has 1 aliphatic heterocycles. The van der Waals surface area contributed by atoms with Crippen LogP contribution >= 0.6 is 0 Å². The maximum Gasteiger partial charge on any atom is 0.226 e. The van der Waals surface area contributed by atoms with E-state index in [1.165, 1.54) is 11.1 Å². The molecule has 1 atom stereocenters. The molecular formula is C19H28N4O. The SMILES string of the molecule is CN(C)c1nccc2c1CN(C(=O)C1CC13CCC(N)CC3)CC2. The number of rotatable bonds is 2. The van der Waals surface area contributed by atoms with E-state index in [2.05, 4.69) is 16.0 Å². The number of hydrogen-bond donors (Lipinski definition) is 1. The van der Waals surface area contributed by atoms with Crippen LogP contribution in [0.15, 0.2) is 12.3 Å². The smallest absolute Gasteiger partial charge is 0.226 e. The minimum absolute atomic E-state index is 0.242. The first-order valence-corrected chi connectivity index (χ1v) is 9.19. The highest BCUT2D eigenvalue weighted by Crippen LogP contribution is 2.61. The quantitative estimate of drug-likeness (QED) is 0.901. The first-order chi connectivity index (χ1) is 11.5. The van der Waals surface area contributed by atoms with Gasteiger partial charge in [0.2, 0.25) is 5.91 Å². The molecule has 2 fully saturated rings. The Bertz CT molecular complexity index is 649. The van der Waals surface area contributed by atoms with Crippen LogP contribution in [0.3, 0.4) is 0 Å². The monoisotopic (exact) mass is 328 g/mol. The fourth-order valence-electron chi connectivity index (χ4n) is 4.71. The van der Waals surface area contributed by atoms with Crippen LogP contribution in [0.25, 0.3) is 0 Å². The molecule has 5 nitrogen and oxygen atoms in total. The molecule has 4 rings (SSSR count). The lowest BCUT2D eigenvalue weighted by molar-refractivity contribution is -0.134. The second kappa shape index (κ2) is 5.73. The van der Waals surface area contributed by atoms with E-state index in [0.717, 1.165) is 50.9 Å². The number of carbonyl (C=O) groups excluding carboxylic acids is 1. The van der Waals surface area contributed by atoms with E-state index in [0.29, 0.717) is 18.5 Å². The Morgan fingerprint density at radius 2 is 2.12 bits per heavy atom. The summed E-state index contributed by atoms with van der Waals surface area (Å²) in [4.78, 5) is 21.7. The molecule has 1 unspecified atom stereocenters. The van der Waals surface area contributed by atoms with Crippen molar-refractivity contribution in [1.82, 2.24) is 9.88 Å². The maximum atomic E-state index is 13.1. The Kier molecular flexibility index (Phi) is 3.79. The fourth-order valence-corrected chi connectivity index (χ4v) is 4.71. The molecule has 2 saturated carbocycles. The van der Waals surface area contributed by atoms with E-state index in [-0.39, 0.29) is 11.3 Å². The predicted molar refractivity (Wildman–Crippen MR) is 94.7 cm³/mol. The summed E-state index contributed by atoms with van der Waals surface area (Å²) >= 11 is 0. The Morgan fingerprint density at radius 3 is 2.83 bits per heavy atom. The van der Waals surface area contributed by atoms with Crippen LogP contribution in [0.2, 0.25) is 0 Å². The molecule has 1 amide bonds. The standard InChI is InChI=1S/C19H28N4O/c1-22(2)17-15-12-23(10-6-13(15)5-9-21-17)18(24)16-11-19(16)7-3-14(20)4-8-19/h5,9,14,16H,3-4,6-8,10-12,20H2,1-2H3. The molecule has 2 aliphatic carbocycles. The van der Waals surface area contributed by atoms with Gasteiger partial charge in [-0.1, -0.05) is 0 Å². The third kappa shape index (κ3) is 2.59. The molecule has 24 heavy (non-hydrogen) atoms. The second-order valence-electron chi connectivity index (χ2n) is 8.13. The third-order valence-corrected chi connectivity index (χ3v) is 6.38. The van der Waals surface area contributed by atoms with Crippen LogP contribution in [-0.2, 0) is 17.8 Å². The minimum Gasteiger partial charge on any atom is -0.362 e. The Morgan fingerprint density at radius 1 is 1.38 bits per heavy atom. The summed E-state index contributed by atoms with van der Waals surface area (Å²) in [5.41, 5.74) is 8.89. The number of amides is 1. The van der Waals surface area contributed by atoms with Gasteiger partial charge in [0.25, 0.3) is 0 Å². The summed E-state index contributed by atoms with van der Waals surface area (Å²) < 4.78 is 0. The Balaban J connectivity index is 1.48. The Hall–Kier alpha value is -1.62. The highest BCUT2D eigenvalue weighted by atomic mass is 16.2. The zero-order valence-corrected chi connectivity index (χ0v) is 14.8. The molecule has 1 spiro atoms. The molecular weight excluding hydrogens is 300 g/mol. The van der Waals surface area contributed by atoms with Crippen LogP contribution in [0.1, 0.15) is 43.2 Å². The summed E-state index contributed by atoms with van der Waals surface area (Å²) in [5, 5.41) is 0. The minimum atomic E-state index is 0.242. The summed E-state index contributed by atoms with van der Waals surface area (Å²) in [6.45, 7) is 1.55. The van der Waals surface area contributed by atoms with E-state index >= 15 is 0 Å². The van der Waals surface area contributed by atoms with E-state index in [9.17, 15) is 4.79 Å². The van der Waals surface area contributed by atoms with Gasteiger partial charge in [0.15, 0.2) is 0 Å². The van der Waals surface area contributed by atoms with Crippen LogP contribution in [0.5, 0.6) is 0 Å². The molecule has 0 saturated heterocycles. The first kappa shape index (κ1) is 15.9. The van der Waals surface area contributed by atoms with Gasteiger partial charge in [0.05, 0.1) is 0 Å². The van der Waals surface area contributed by atoms with Crippen molar-refractivity contribution < 1.29 is 4.79 Å². The van der Waals surface area contributed by atoms with Crippen LogP contribution in [0.4, 0.5) is 5.82 Å². The molecule has 5 heteroatoms. The fraction of sp³-hybridized carbons (Fsp3) is 0.684. The Labute approximate surface area is 144 Å². The van der Waals surface area contributed by atoms with Crippen molar-refractivity contribution in [2.45, 2.75) is 51.1 Å². The molecule has 1 aromatic rings. The lowest BCUT2D eigenvalue weighted by Gasteiger charge is -2.33. The maximum absolute atomic E-state index is 13.1. The van der Waals surface area contributed by atoms with E-state index in [1.807, 2.05) is 25.2 Å². The number of aromatic nitrogens is 1. The van der Waals surface area contributed by atoms with Crippen molar-refractivity contribution in [1.29, 1.82) is 0 Å². The second-order valence-corrected chi connectivity index (χ2v) is 8.13. The summed E-state index contributed by atoms with van der Waals surface area (Å²) in [6, 6.07) is 2.45. The largest absolute Gasteiger partial charge is 0.362 e. The van der Waals surface area contributed by atoms with Gasteiger partial charge >= 0.3 is 0 Å². The molecule has 1 aromatic heterocycles. The normalized spacial score (nSPS) is 31.7. The van der Waals surface area contributed by atoms with Gasteiger partial charge in [-0.25, -0.2) is 4.98 Å². The van der Waals surface area contributed by atoms with Gasteiger partial charge in [-0.15, -0.1) is 0 Å². The number of anilines is 1. The van der Waals surface area contributed by atoms with Gasteiger partial charge < -0.3 is 15.5 Å². The van der Waals surface area contributed by atoms with Gasteiger partial charge in [-0.2, -0.15) is 0 Å². The molecule has 0 aromatic carbocycles. The number of pyridine rings is 1. The molecule has 0 bridgehead atoms. The van der Waals surface area contributed by atoms with E-state index in [1.54, 1.807) is 0 Å². The van der Waals surface area contributed by atoms with Crippen molar-refractivity contribution in [3.05, 3.63) is 23.4 Å². The zero-order valence-electron chi connectivity index (χ0n) is 14.8. The van der Waals surface area contributed by atoms with Gasteiger partial charge in [-0.05, 0) is 55.6 Å². The van der Waals surface area contributed by atoms with Crippen LogP contribution in [0, 0.1) is 11.3 Å². The number of nitrogens with two attached hydrogens (primary N) is 1. The summed E-state index contributed by atoms with van der Waals surface area (Å²) in [6.07, 6.45) is 8.35. The summed E-state index contributed by atoms with van der Waals surface area (Å²) in [7, 11) is 4.04. The van der Waals surface area contributed by atoms with Crippen molar-refractivity contribution in [2.75, 3.05) is 25.5 Å². The van der Waals surface area contributed by atoms with Crippen molar-refractivity contribution in [3.63, 3.8) is 0 Å². The number of carbonyl (C=O) groups is 1. The zero-order chi connectivity index (χ0) is 16.9. The number of hydrogen-bond acceptors (Lipinski definition) is 4. The van der Waals surface area contributed by atoms with Crippen molar-refractivity contribution in [3.8, 4) is 0 Å². The highest BCUT2D eigenvalue weighted by Gasteiger charge is 2.59. The van der Waals surface area contributed by atoms with Crippen LogP contribution in [-0.4, -0.2) is 42.5 Å². The average Bonchev–Trinajstić information content (AvgIpc) is 3.29. The lowest BCUT2D eigenvalue weighted by atomic mass is 9.82. The predicted octanol–water partition coefficient (Wildman–Crippen LogP) is 1.94.